The number of rotatable bonds is 4. The molecule has 0 saturated carbocycles. The molecule has 24 heavy (non-hydrogen) atoms. The Balaban J connectivity index is 2.31. The molecule has 7 heteroatoms. The second-order valence-electron chi connectivity index (χ2n) is 5.67. The highest BCUT2D eigenvalue weighted by molar-refractivity contribution is 8.02. The molecule has 0 saturated heterocycles. The van der Waals surface area contributed by atoms with Crippen molar-refractivity contribution >= 4 is 37.8 Å². The minimum Gasteiger partial charge on any atom is -0.505 e. The van der Waals surface area contributed by atoms with Gasteiger partial charge in [0.05, 0.1) is 5.01 Å². The average Bonchev–Trinajstić information content (AvgIpc) is 2.93. The molecule has 0 fully saturated rings. The summed E-state index contributed by atoms with van der Waals surface area (Å²) in [7, 11) is -3.85. The summed E-state index contributed by atoms with van der Waals surface area (Å²) >= 11 is 1.37. The predicted molar refractivity (Wildman–Crippen MR) is 98.7 cm³/mol. The molecular formula is C17H20N2O3S2. The number of aryl methyl sites for hydroxylation is 2. The van der Waals surface area contributed by atoms with Crippen molar-refractivity contribution in [3.05, 3.63) is 45.3 Å². The molecule has 0 radical (unpaired) electrons. The first-order valence-electron chi connectivity index (χ1n) is 7.93. The SMILES string of the molecule is CCCc1nc2c(s1)C(O)=C(c1ccccc1C)S(=O)(=O)N2CC. The van der Waals surface area contributed by atoms with Crippen molar-refractivity contribution in [3.63, 3.8) is 0 Å². The van der Waals surface area contributed by atoms with E-state index in [1.807, 2.05) is 26.0 Å². The molecule has 2 heterocycles. The van der Waals surface area contributed by atoms with Gasteiger partial charge in [-0.05, 0) is 32.3 Å². The van der Waals surface area contributed by atoms with Crippen LogP contribution in [0.1, 0.15) is 41.3 Å². The number of fused-ring (bicyclic) bond motifs is 1. The maximum atomic E-state index is 13.1. The van der Waals surface area contributed by atoms with Gasteiger partial charge < -0.3 is 5.11 Å². The molecule has 2 aromatic rings. The fourth-order valence-electron chi connectivity index (χ4n) is 2.86. The van der Waals surface area contributed by atoms with Gasteiger partial charge in [0.2, 0.25) is 0 Å². The lowest BCUT2D eigenvalue weighted by Crippen LogP contribution is -2.35. The molecule has 1 aliphatic heterocycles. The third-order valence-corrected chi connectivity index (χ3v) is 7.06. The summed E-state index contributed by atoms with van der Waals surface area (Å²) < 4.78 is 27.5. The summed E-state index contributed by atoms with van der Waals surface area (Å²) in [6, 6.07) is 7.19. The monoisotopic (exact) mass is 364 g/mol. The molecule has 128 valence electrons. The number of aliphatic hydroxyl groups excluding tert-OH is 1. The number of aromatic nitrogens is 1. The first kappa shape index (κ1) is 17.0. The Morgan fingerprint density at radius 3 is 2.58 bits per heavy atom. The highest BCUT2D eigenvalue weighted by Crippen LogP contribution is 2.45. The summed E-state index contributed by atoms with van der Waals surface area (Å²) in [6.07, 6.45) is 1.68. The van der Waals surface area contributed by atoms with E-state index in [0.29, 0.717) is 16.3 Å². The molecule has 5 nitrogen and oxygen atoms in total. The number of hydrogen-bond acceptors (Lipinski definition) is 5. The van der Waals surface area contributed by atoms with Gasteiger partial charge in [0.1, 0.15) is 9.78 Å². The molecule has 1 N–H and O–H groups in total. The standard InChI is InChI=1S/C17H20N2O3S2/c1-4-8-13-18-17-15(23-13)14(20)16(24(21,22)19(17)5-2)12-10-7-6-9-11(12)3/h6-7,9-10,20H,4-5,8H2,1-3H3. The van der Waals surface area contributed by atoms with E-state index in [2.05, 4.69) is 4.98 Å². The summed E-state index contributed by atoms with van der Waals surface area (Å²) in [5.41, 5.74) is 1.34. The summed E-state index contributed by atoms with van der Waals surface area (Å²) in [5.74, 6) is 0.157. The number of benzene rings is 1. The molecule has 3 rings (SSSR count). The van der Waals surface area contributed by atoms with Gasteiger partial charge in [0.15, 0.2) is 11.6 Å². The van der Waals surface area contributed by atoms with Gasteiger partial charge in [-0.3, -0.25) is 0 Å². The Labute approximate surface area is 146 Å². The first-order valence-corrected chi connectivity index (χ1v) is 10.2. The van der Waals surface area contributed by atoms with Gasteiger partial charge in [-0.25, -0.2) is 17.7 Å². The topological polar surface area (TPSA) is 70.5 Å². The van der Waals surface area contributed by atoms with Crippen molar-refractivity contribution in [3.8, 4) is 0 Å². The van der Waals surface area contributed by atoms with Crippen LogP contribution in [-0.4, -0.2) is 25.1 Å². The Morgan fingerprint density at radius 2 is 1.96 bits per heavy atom. The van der Waals surface area contributed by atoms with Gasteiger partial charge in [0, 0.05) is 12.1 Å². The second kappa shape index (κ2) is 6.22. The fourth-order valence-corrected chi connectivity index (χ4v) is 5.88. The van der Waals surface area contributed by atoms with Crippen LogP contribution in [0, 0.1) is 6.92 Å². The lowest BCUT2D eigenvalue weighted by Gasteiger charge is -2.28. The first-order chi connectivity index (χ1) is 11.4. The van der Waals surface area contributed by atoms with E-state index in [9.17, 15) is 13.5 Å². The summed E-state index contributed by atoms with van der Waals surface area (Å²) in [6.45, 7) is 5.93. The third kappa shape index (κ3) is 2.52. The largest absolute Gasteiger partial charge is 0.505 e. The smallest absolute Gasteiger partial charge is 0.269 e. The van der Waals surface area contributed by atoms with Crippen LogP contribution >= 0.6 is 11.3 Å². The maximum absolute atomic E-state index is 13.1. The zero-order valence-electron chi connectivity index (χ0n) is 13.9. The van der Waals surface area contributed by atoms with E-state index < -0.39 is 10.0 Å². The molecular weight excluding hydrogens is 344 g/mol. The van der Waals surface area contributed by atoms with Crippen molar-refractivity contribution in [2.24, 2.45) is 0 Å². The predicted octanol–water partition coefficient (Wildman–Crippen LogP) is 3.96. The van der Waals surface area contributed by atoms with E-state index in [-0.39, 0.29) is 17.2 Å². The molecule has 0 amide bonds. The van der Waals surface area contributed by atoms with Crippen molar-refractivity contribution < 1.29 is 13.5 Å². The van der Waals surface area contributed by atoms with E-state index in [0.717, 1.165) is 23.4 Å². The quantitative estimate of drug-likeness (QED) is 0.891. The van der Waals surface area contributed by atoms with Crippen LogP contribution in [0.25, 0.3) is 10.7 Å². The van der Waals surface area contributed by atoms with Crippen molar-refractivity contribution in [1.82, 2.24) is 4.98 Å². The Kier molecular flexibility index (Phi) is 4.40. The van der Waals surface area contributed by atoms with Crippen LogP contribution in [0.5, 0.6) is 0 Å². The molecule has 0 aliphatic carbocycles. The lowest BCUT2D eigenvalue weighted by atomic mass is 10.1. The van der Waals surface area contributed by atoms with E-state index >= 15 is 0 Å². The number of anilines is 1. The fraction of sp³-hybridized carbons (Fsp3) is 0.353. The van der Waals surface area contributed by atoms with Gasteiger partial charge in [-0.1, -0.05) is 31.2 Å². The molecule has 0 atom stereocenters. The Hall–Kier alpha value is -1.86. The van der Waals surface area contributed by atoms with E-state index in [4.69, 9.17) is 0 Å². The molecule has 0 bridgehead atoms. The minimum atomic E-state index is -3.85. The summed E-state index contributed by atoms with van der Waals surface area (Å²) in [5, 5.41) is 11.6. The number of hydrogen-bond donors (Lipinski definition) is 1. The molecule has 1 aromatic carbocycles. The molecule has 1 aromatic heterocycles. The average molecular weight is 364 g/mol. The van der Waals surface area contributed by atoms with Crippen LogP contribution in [-0.2, 0) is 16.4 Å². The number of thiazole rings is 1. The van der Waals surface area contributed by atoms with Crippen LogP contribution in [0.4, 0.5) is 5.82 Å². The van der Waals surface area contributed by atoms with Crippen LogP contribution in [0.2, 0.25) is 0 Å². The second-order valence-corrected chi connectivity index (χ2v) is 8.56. The number of aliphatic hydroxyl groups is 1. The van der Waals surface area contributed by atoms with Crippen molar-refractivity contribution in [1.29, 1.82) is 0 Å². The Morgan fingerprint density at radius 1 is 1.25 bits per heavy atom. The van der Waals surface area contributed by atoms with Gasteiger partial charge in [0.25, 0.3) is 10.0 Å². The minimum absolute atomic E-state index is 0.0263. The molecule has 0 spiro atoms. The zero-order chi connectivity index (χ0) is 17.5. The van der Waals surface area contributed by atoms with Gasteiger partial charge >= 0.3 is 0 Å². The lowest BCUT2D eigenvalue weighted by molar-refractivity contribution is 0.514. The van der Waals surface area contributed by atoms with Gasteiger partial charge in [-0.2, -0.15) is 0 Å². The molecule has 1 aliphatic rings. The Bertz CT molecular complexity index is 914. The number of sulfonamides is 1. The highest BCUT2D eigenvalue weighted by Gasteiger charge is 2.40. The third-order valence-electron chi connectivity index (χ3n) is 4.01. The van der Waals surface area contributed by atoms with Crippen molar-refractivity contribution in [2.75, 3.05) is 10.8 Å². The maximum Gasteiger partial charge on any atom is 0.269 e. The normalized spacial score (nSPS) is 16.4. The van der Waals surface area contributed by atoms with E-state index in [1.165, 1.54) is 15.6 Å². The molecule has 0 unspecified atom stereocenters. The van der Waals surface area contributed by atoms with Gasteiger partial charge in [-0.15, -0.1) is 11.3 Å². The summed E-state index contributed by atoms with van der Waals surface area (Å²) in [4.78, 5) is 4.97. The van der Waals surface area contributed by atoms with Crippen LogP contribution < -0.4 is 4.31 Å². The zero-order valence-corrected chi connectivity index (χ0v) is 15.5. The van der Waals surface area contributed by atoms with Crippen LogP contribution in [0.3, 0.4) is 0 Å². The van der Waals surface area contributed by atoms with E-state index in [1.54, 1.807) is 19.1 Å². The van der Waals surface area contributed by atoms with Crippen molar-refractivity contribution in [2.45, 2.75) is 33.6 Å². The number of nitrogens with zero attached hydrogens (tertiary/aromatic N) is 2. The van der Waals surface area contributed by atoms with Crippen LogP contribution in [0.15, 0.2) is 24.3 Å². The highest BCUT2D eigenvalue weighted by atomic mass is 32.2.